The SMILES string of the molecule is O=C(N/N=C/c1ccncc1)c1[nH]c2ccc([N+](=O)[O-])cc2c1-c1ccccc1. The van der Waals surface area contributed by atoms with E-state index in [9.17, 15) is 14.9 Å². The summed E-state index contributed by atoms with van der Waals surface area (Å²) in [5, 5.41) is 15.8. The van der Waals surface area contributed by atoms with Crippen LogP contribution in [-0.4, -0.2) is 27.0 Å². The zero-order chi connectivity index (χ0) is 20.2. The zero-order valence-electron chi connectivity index (χ0n) is 15.1. The highest BCUT2D eigenvalue weighted by molar-refractivity contribution is 6.10. The number of carbonyl (C=O) groups is 1. The molecule has 0 bridgehead atoms. The number of benzene rings is 2. The van der Waals surface area contributed by atoms with Gasteiger partial charge in [0.2, 0.25) is 0 Å². The topological polar surface area (TPSA) is 113 Å². The van der Waals surface area contributed by atoms with Crippen LogP contribution in [0.5, 0.6) is 0 Å². The molecule has 0 spiro atoms. The minimum Gasteiger partial charge on any atom is -0.350 e. The molecule has 2 aromatic carbocycles. The summed E-state index contributed by atoms with van der Waals surface area (Å²) in [6, 6.07) is 17.2. The number of nitro groups is 1. The predicted molar refractivity (Wildman–Crippen MR) is 110 cm³/mol. The number of hydrazone groups is 1. The number of aromatic nitrogens is 2. The maximum absolute atomic E-state index is 12.8. The Morgan fingerprint density at radius 3 is 2.59 bits per heavy atom. The van der Waals surface area contributed by atoms with Gasteiger partial charge in [0.1, 0.15) is 5.69 Å². The van der Waals surface area contributed by atoms with Gasteiger partial charge in [-0.1, -0.05) is 30.3 Å². The molecule has 4 aromatic rings. The lowest BCUT2D eigenvalue weighted by Gasteiger charge is -2.04. The summed E-state index contributed by atoms with van der Waals surface area (Å²) in [6.07, 6.45) is 4.76. The molecule has 4 rings (SSSR count). The standard InChI is InChI=1S/C21H15N5O3/c27-21(25-23-13-14-8-10-22-11-9-14)20-19(15-4-2-1-3-5-15)17-12-16(26(28)29)6-7-18(17)24-20/h1-13,24H,(H,25,27)/b23-13+. The third-order valence-electron chi connectivity index (χ3n) is 4.37. The molecule has 0 radical (unpaired) electrons. The highest BCUT2D eigenvalue weighted by Crippen LogP contribution is 2.34. The Labute approximate surface area is 165 Å². The number of pyridine rings is 1. The van der Waals surface area contributed by atoms with E-state index in [-0.39, 0.29) is 11.4 Å². The van der Waals surface area contributed by atoms with Gasteiger partial charge in [0.15, 0.2) is 0 Å². The largest absolute Gasteiger partial charge is 0.350 e. The molecular formula is C21H15N5O3. The minimum atomic E-state index is -0.458. The molecule has 0 saturated carbocycles. The van der Waals surface area contributed by atoms with Crippen molar-refractivity contribution in [1.82, 2.24) is 15.4 Å². The fourth-order valence-corrected chi connectivity index (χ4v) is 3.04. The third-order valence-corrected chi connectivity index (χ3v) is 4.37. The molecule has 2 aromatic heterocycles. The number of amides is 1. The fourth-order valence-electron chi connectivity index (χ4n) is 3.04. The number of aromatic amines is 1. The number of fused-ring (bicyclic) bond motifs is 1. The molecule has 8 heteroatoms. The van der Waals surface area contributed by atoms with Gasteiger partial charge in [-0.2, -0.15) is 5.10 Å². The van der Waals surface area contributed by atoms with Gasteiger partial charge in [0, 0.05) is 41.0 Å². The Morgan fingerprint density at radius 1 is 1.10 bits per heavy atom. The lowest BCUT2D eigenvalue weighted by atomic mass is 10.0. The van der Waals surface area contributed by atoms with Crippen LogP contribution in [-0.2, 0) is 0 Å². The second kappa shape index (κ2) is 7.73. The average molecular weight is 385 g/mol. The van der Waals surface area contributed by atoms with Crippen molar-refractivity contribution in [2.75, 3.05) is 0 Å². The Hall–Kier alpha value is -4.33. The fraction of sp³-hybridized carbons (Fsp3) is 0. The van der Waals surface area contributed by atoms with E-state index in [1.54, 1.807) is 30.6 Å². The van der Waals surface area contributed by atoms with E-state index < -0.39 is 10.8 Å². The highest BCUT2D eigenvalue weighted by atomic mass is 16.6. The van der Waals surface area contributed by atoms with Crippen LogP contribution in [0.25, 0.3) is 22.0 Å². The number of H-pyrrole nitrogens is 1. The first-order chi connectivity index (χ1) is 14.1. The second-order valence-corrected chi connectivity index (χ2v) is 6.21. The van der Waals surface area contributed by atoms with Crippen molar-refractivity contribution in [3.8, 4) is 11.1 Å². The first-order valence-electron chi connectivity index (χ1n) is 8.72. The monoisotopic (exact) mass is 385 g/mol. The maximum Gasteiger partial charge on any atom is 0.288 e. The molecule has 142 valence electrons. The van der Waals surface area contributed by atoms with E-state index >= 15 is 0 Å². The van der Waals surface area contributed by atoms with Crippen LogP contribution >= 0.6 is 0 Å². The van der Waals surface area contributed by atoms with Crippen LogP contribution in [0.15, 0.2) is 78.2 Å². The molecule has 0 aliphatic heterocycles. The summed E-state index contributed by atoms with van der Waals surface area (Å²) in [6.45, 7) is 0. The van der Waals surface area contributed by atoms with Crippen LogP contribution in [0.4, 0.5) is 5.69 Å². The van der Waals surface area contributed by atoms with E-state index in [4.69, 9.17) is 0 Å². The molecule has 29 heavy (non-hydrogen) atoms. The molecule has 0 aliphatic carbocycles. The molecule has 8 nitrogen and oxygen atoms in total. The number of nitrogens with one attached hydrogen (secondary N) is 2. The molecule has 0 unspecified atom stereocenters. The molecule has 1 amide bonds. The first-order valence-corrected chi connectivity index (χ1v) is 8.72. The summed E-state index contributed by atoms with van der Waals surface area (Å²) in [7, 11) is 0. The van der Waals surface area contributed by atoms with E-state index in [0.717, 1.165) is 11.1 Å². The Bertz CT molecular complexity index is 1220. The van der Waals surface area contributed by atoms with Gasteiger partial charge in [-0.3, -0.25) is 19.9 Å². The summed E-state index contributed by atoms with van der Waals surface area (Å²) in [5.41, 5.74) is 5.49. The van der Waals surface area contributed by atoms with Crippen LogP contribution < -0.4 is 5.43 Å². The molecule has 0 saturated heterocycles. The van der Waals surface area contributed by atoms with E-state index in [0.29, 0.717) is 16.5 Å². The molecular weight excluding hydrogens is 370 g/mol. The summed E-state index contributed by atoms with van der Waals surface area (Å²) in [4.78, 5) is 30.5. The lowest BCUT2D eigenvalue weighted by Crippen LogP contribution is -2.18. The molecule has 0 aliphatic rings. The normalized spacial score (nSPS) is 11.0. The number of hydrogen-bond acceptors (Lipinski definition) is 5. The number of carbonyl (C=O) groups excluding carboxylic acids is 1. The average Bonchev–Trinajstić information content (AvgIpc) is 3.14. The molecule has 0 atom stereocenters. The van der Waals surface area contributed by atoms with Crippen molar-refractivity contribution in [1.29, 1.82) is 0 Å². The number of nitro benzene ring substituents is 1. The van der Waals surface area contributed by atoms with Gasteiger partial charge >= 0.3 is 0 Å². The Kier molecular flexibility index (Phi) is 4.81. The first kappa shape index (κ1) is 18.1. The number of nitrogens with zero attached hydrogens (tertiary/aromatic N) is 3. The van der Waals surface area contributed by atoms with Crippen LogP contribution in [0.2, 0.25) is 0 Å². The molecule has 0 fully saturated rings. The van der Waals surface area contributed by atoms with Gasteiger partial charge in [0.25, 0.3) is 11.6 Å². The van der Waals surface area contributed by atoms with Crippen LogP contribution in [0.1, 0.15) is 16.1 Å². The molecule has 2 N–H and O–H groups in total. The van der Waals surface area contributed by atoms with Gasteiger partial charge in [-0.15, -0.1) is 0 Å². The predicted octanol–water partition coefficient (Wildman–Crippen LogP) is 3.90. The van der Waals surface area contributed by atoms with Gasteiger partial charge in [0.05, 0.1) is 11.1 Å². The maximum atomic E-state index is 12.8. The van der Waals surface area contributed by atoms with Crippen molar-refractivity contribution in [3.05, 3.63) is 94.4 Å². The van der Waals surface area contributed by atoms with E-state index in [1.165, 1.54) is 18.3 Å². The number of hydrogen-bond donors (Lipinski definition) is 2. The van der Waals surface area contributed by atoms with Gasteiger partial charge < -0.3 is 4.98 Å². The van der Waals surface area contributed by atoms with E-state index in [1.807, 2.05) is 30.3 Å². The number of rotatable bonds is 5. The quantitative estimate of drug-likeness (QED) is 0.308. The zero-order valence-corrected chi connectivity index (χ0v) is 15.1. The van der Waals surface area contributed by atoms with Gasteiger partial charge in [-0.05, 0) is 29.3 Å². The van der Waals surface area contributed by atoms with Crippen molar-refractivity contribution in [2.24, 2.45) is 5.10 Å². The Balaban J connectivity index is 1.76. The summed E-state index contributed by atoms with van der Waals surface area (Å²) >= 11 is 0. The smallest absolute Gasteiger partial charge is 0.288 e. The van der Waals surface area contributed by atoms with Crippen molar-refractivity contribution >= 4 is 28.7 Å². The highest BCUT2D eigenvalue weighted by Gasteiger charge is 2.21. The van der Waals surface area contributed by atoms with E-state index in [2.05, 4.69) is 20.5 Å². The van der Waals surface area contributed by atoms with Crippen molar-refractivity contribution < 1.29 is 9.72 Å². The molecule has 2 heterocycles. The van der Waals surface area contributed by atoms with Crippen LogP contribution in [0, 0.1) is 10.1 Å². The third kappa shape index (κ3) is 3.72. The van der Waals surface area contributed by atoms with Crippen molar-refractivity contribution in [2.45, 2.75) is 0 Å². The van der Waals surface area contributed by atoms with Gasteiger partial charge in [-0.25, -0.2) is 5.43 Å². The van der Waals surface area contributed by atoms with Crippen molar-refractivity contribution in [3.63, 3.8) is 0 Å². The Morgan fingerprint density at radius 2 is 1.86 bits per heavy atom. The lowest BCUT2D eigenvalue weighted by molar-refractivity contribution is -0.384. The summed E-state index contributed by atoms with van der Waals surface area (Å²) in [5.74, 6) is -0.451. The number of non-ortho nitro benzene ring substituents is 1. The second-order valence-electron chi connectivity index (χ2n) is 6.21. The summed E-state index contributed by atoms with van der Waals surface area (Å²) < 4.78 is 0. The minimum absolute atomic E-state index is 0.0450. The van der Waals surface area contributed by atoms with Crippen LogP contribution in [0.3, 0.4) is 0 Å².